The first kappa shape index (κ1) is 191. The Morgan fingerprint density at radius 2 is 0.500 bits per heavy atom. The van der Waals surface area contributed by atoms with Crippen LogP contribution in [-0.4, -0.2) is 15.5 Å². The lowest BCUT2D eigenvalue weighted by atomic mass is 9.81. The Bertz CT molecular complexity index is 5.51. The van der Waals surface area contributed by atoms with Gasteiger partial charge >= 0.3 is 0 Å². The second-order valence-corrected chi connectivity index (χ2v) is 0. The number of halogens is 4. The molecule has 0 heterocycles. The molecule has 0 unspecified atom stereocenters. The number of hydrogen-bond donors (Lipinski definition) is 0. The fourth-order valence-electron chi connectivity index (χ4n) is 0. The molecule has 0 radical (unpaired) electrons. The zero-order valence-electron chi connectivity index (χ0n) is 3.63. The molecule has 0 rings (SSSR count). The van der Waals surface area contributed by atoms with Crippen LogP contribution in [0.25, 0.3) is 0 Å². The summed E-state index contributed by atoms with van der Waals surface area (Å²) < 4.78 is 0. The van der Waals surface area contributed by atoms with Crippen LogP contribution in [0.1, 0.15) is 0 Å². The second-order valence-electron chi connectivity index (χ2n) is 0. The molecule has 0 saturated carbocycles. The molecule has 0 saturated heterocycles. The lowest BCUT2D eigenvalue weighted by Gasteiger charge is -0.936. The van der Waals surface area contributed by atoms with Crippen molar-refractivity contribution in [1.82, 2.24) is 0 Å². The predicted octanol–water partition coefficient (Wildman–Crippen LogP) is -1.22. The van der Waals surface area contributed by atoms with E-state index in [9.17, 15) is 0 Å². The van der Waals surface area contributed by atoms with Crippen molar-refractivity contribution < 1.29 is 18.8 Å². The van der Waals surface area contributed by atoms with Crippen molar-refractivity contribution in [3.8, 4) is 0 Å². The molecule has 0 aliphatic rings. The first-order valence-electron chi connectivity index (χ1n) is 1.00. The average molecular weight is 106 g/mol. The van der Waals surface area contributed by atoms with Gasteiger partial charge in [-0.05, 0) is 0 Å². The molecule has 0 N–H and O–H groups in total. The molecule has 0 nitrogen and oxygen atoms in total. The van der Waals surface area contributed by atoms with Gasteiger partial charge in [0.15, 0.2) is 0 Å². The van der Waals surface area contributed by atoms with Crippen molar-refractivity contribution in [2.45, 2.75) is 0 Å². The van der Waals surface area contributed by atoms with Gasteiger partial charge in [0.25, 0.3) is 0 Å². The largest absolute Gasteiger partial charge is 0.269 e. The van der Waals surface area contributed by atoms with Crippen molar-refractivity contribution in [2.24, 2.45) is 0 Å². The van der Waals surface area contributed by atoms with Crippen LogP contribution in [0.3, 0.4) is 0 Å². The Kier molecular flexibility index (Phi) is 101000. The quantitative estimate of drug-likeness (QED) is 0.268. The zero-order valence-corrected chi connectivity index (χ0v) is 3.63. The van der Waals surface area contributed by atoms with E-state index in [-0.39, 0.29) is 18.8 Å². The fourth-order valence-corrected chi connectivity index (χ4v) is 0. The second kappa shape index (κ2) is 3190. The molecular formula is H8B2F4. The highest BCUT2D eigenvalue weighted by Crippen LogP contribution is 0.619. The van der Waals surface area contributed by atoms with Gasteiger partial charge in [0, 0.05) is 0 Å². The maximum Gasteiger partial charge on any atom is 0.0643 e. The first-order chi connectivity index (χ1) is 1.00. The van der Waals surface area contributed by atoms with E-state index < -0.39 is 0 Å². The predicted molar refractivity (Wildman–Crippen MR) is 27.1 cm³/mol. The minimum Gasteiger partial charge on any atom is -0.269 e. The summed E-state index contributed by atoms with van der Waals surface area (Å²) in [5.74, 6) is 0. The SMILES string of the molecule is BB.F.F.F.F. The lowest BCUT2D eigenvalue weighted by molar-refractivity contribution is 1.11. The molecule has 0 bridgehead atoms. The third-order valence-electron chi connectivity index (χ3n) is 0. The van der Waals surface area contributed by atoms with E-state index >= 15 is 0 Å². The van der Waals surface area contributed by atoms with E-state index in [1.807, 2.05) is 15.5 Å². The van der Waals surface area contributed by atoms with Gasteiger partial charge in [0.2, 0.25) is 0 Å². The summed E-state index contributed by atoms with van der Waals surface area (Å²) in [4.78, 5) is 0. The highest BCUT2D eigenvalue weighted by molar-refractivity contribution is 6.75. The number of hydrogen-bond acceptors (Lipinski definition) is 0. The van der Waals surface area contributed by atoms with Crippen molar-refractivity contribution in [1.29, 1.82) is 0 Å². The Morgan fingerprint density at radius 1 is 0.500 bits per heavy atom. The van der Waals surface area contributed by atoms with Crippen LogP contribution in [0.4, 0.5) is 18.8 Å². The summed E-state index contributed by atoms with van der Waals surface area (Å²) in [5.41, 5.74) is 0. The molecule has 6 heteroatoms. The van der Waals surface area contributed by atoms with Gasteiger partial charge < -0.3 is 0 Å². The Morgan fingerprint density at radius 3 is 0.500 bits per heavy atom. The maximum atomic E-state index is 2.00. The first-order valence-corrected chi connectivity index (χ1v) is 1.00. The van der Waals surface area contributed by atoms with Crippen LogP contribution in [0.5, 0.6) is 0 Å². The van der Waals surface area contributed by atoms with E-state index in [0.29, 0.717) is 0 Å². The molecule has 0 aliphatic carbocycles. The Balaban J connectivity index is -0.000000000833. The van der Waals surface area contributed by atoms with E-state index in [2.05, 4.69) is 0 Å². The Hall–Kier alpha value is -0.150. The normalized spacial score (nSPS) is 0.667. The smallest absolute Gasteiger partial charge is 0.0643 e. The standard InChI is InChI=1S/B2H4.4FH/c1-2;;;;/h1-2H2;4*1H. The third-order valence-corrected chi connectivity index (χ3v) is 0. The maximum absolute atomic E-state index is 2.00. The van der Waals surface area contributed by atoms with Crippen molar-refractivity contribution in [3.63, 3.8) is 0 Å². The zero-order chi connectivity index (χ0) is 2.00. The van der Waals surface area contributed by atoms with Gasteiger partial charge in [-0.15, -0.1) is 0 Å². The van der Waals surface area contributed by atoms with E-state index in [0.717, 1.165) is 0 Å². The summed E-state index contributed by atoms with van der Waals surface area (Å²) in [6, 6.07) is 0. The molecule has 0 aromatic rings. The molecular weight excluding hydrogens is 97.6 g/mol. The van der Waals surface area contributed by atoms with Gasteiger partial charge in [0.05, 0.1) is 15.5 Å². The highest BCUT2D eigenvalue weighted by atomic mass is 19.0. The Labute approximate surface area is 35.6 Å². The fraction of sp³-hybridized carbons (Fsp3) is 0. The van der Waals surface area contributed by atoms with E-state index in [1.54, 1.807) is 0 Å². The van der Waals surface area contributed by atoms with Crippen molar-refractivity contribution >= 4 is 15.5 Å². The van der Waals surface area contributed by atoms with Crippen LogP contribution in [0.15, 0.2) is 0 Å². The summed E-state index contributed by atoms with van der Waals surface area (Å²) in [6.45, 7) is 0. The van der Waals surface area contributed by atoms with Crippen molar-refractivity contribution in [2.75, 3.05) is 0 Å². The van der Waals surface area contributed by atoms with E-state index in [1.165, 1.54) is 0 Å². The summed E-state index contributed by atoms with van der Waals surface area (Å²) >= 11 is 0. The van der Waals surface area contributed by atoms with Gasteiger partial charge in [-0.3, -0.25) is 18.8 Å². The number of rotatable bonds is 0. The van der Waals surface area contributed by atoms with Gasteiger partial charge in [-0.25, -0.2) is 0 Å². The van der Waals surface area contributed by atoms with Crippen molar-refractivity contribution in [3.05, 3.63) is 0 Å². The molecule has 0 aromatic heterocycles. The van der Waals surface area contributed by atoms with E-state index in [4.69, 9.17) is 0 Å². The molecule has 6 heavy (non-hydrogen) atoms. The topological polar surface area (TPSA) is 0 Å². The van der Waals surface area contributed by atoms with Crippen LogP contribution in [0.2, 0.25) is 0 Å². The van der Waals surface area contributed by atoms with Gasteiger partial charge in [0.1, 0.15) is 0 Å². The summed E-state index contributed by atoms with van der Waals surface area (Å²) in [6.07, 6.45) is 0. The molecule has 42 valence electrons. The minimum absolute atomic E-state index is 0. The molecule has 0 aliphatic heterocycles. The average Bonchev–Trinajstić information content (AvgIpc) is 1.00. The minimum atomic E-state index is 0. The van der Waals surface area contributed by atoms with Crippen LogP contribution >= 0.6 is 0 Å². The van der Waals surface area contributed by atoms with Crippen LogP contribution in [0, 0.1) is 0 Å². The molecule has 0 spiro atoms. The highest BCUT2D eigenvalue weighted by Gasteiger charge is 1.06. The molecule has 0 fully saturated rings. The molecule has 0 atom stereocenters. The van der Waals surface area contributed by atoms with Gasteiger partial charge in [-0.1, -0.05) is 0 Å². The molecule has 0 amide bonds. The summed E-state index contributed by atoms with van der Waals surface area (Å²) in [7, 11) is 4.00. The third kappa shape index (κ3) is 1390. The molecule has 0 aromatic carbocycles. The summed E-state index contributed by atoms with van der Waals surface area (Å²) in [5, 5.41) is 0. The van der Waals surface area contributed by atoms with Gasteiger partial charge in [-0.2, -0.15) is 0 Å². The van der Waals surface area contributed by atoms with Crippen LogP contribution in [-0.2, 0) is 0 Å². The van der Waals surface area contributed by atoms with Crippen LogP contribution < -0.4 is 0 Å². The monoisotopic (exact) mass is 106 g/mol. The lowest BCUT2D eigenvalue weighted by Crippen LogP contribution is -1.38.